The van der Waals surface area contributed by atoms with Gasteiger partial charge >= 0.3 is 0 Å². The summed E-state index contributed by atoms with van der Waals surface area (Å²) < 4.78 is 18.4. The molecule has 2 heterocycles. The minimum Gasteiger partial charge on any atom is -0.493 e. The summed E-state index contributed by atoms with van der Waals surface area (Å²) in [6.07, 6.45) is 0.831. The van der Waals surface area contributed by atoms with E-state index in [0.29, 0.717) is 12.4 Å². The van der Waals surface area contributed by atoms with Crippen LogP contribution in [0.2, 0.25) is 0 Å². The zero-order chi connectivity index (χ0) is 15.5. The summed E-state index contributed by atoms with van der Waals surface area (Å²) in [5.41, 5.74) is 2.05. The first-order valence-electron chi connectivity index (χ1n) is 7.35. The first-order chi connectivity index (χ1) is 10.7. The summed E-state index contributed by atoms with van der Waals surface area (Å²) in [6, 6.07) is 5.57. The molecule has 0 spiro atoms. The number of hydrogen-bond acceptors (Lipinski definition) is 5. The Hall–Kier alpha value is -2.21. The fraction of sp³-hybridized carbons (Fsp3) is 0.438. The highest BCUT2D eigenvalue weighted by atomic mass is 16.7. The molecule has 1 aromatic carbocycles. The molecule has 3 rings (SSSR count). The minimum absolute atomic E-state index is 0.0440. The van der Waals surface area contributed by atoms with Crippen LogP contribution >= 0.6 is 0 Å². The van der Waals surface area contributed by atoms with Crippen molar-refractivity contribution < 1.29 is 19.3 Å². The number of benzene rings is 1. The molecular formula is C16H20N2O4. The number of hydrogen-bond donors (Lipinski definition) is 1. The zero-order valence-electron chi connectivity index (χ0n) is 12.8. The number of aliphatic hydroxyl groups is 1. The average Bonchev–Trinajstić information content (AvgIpc) is 3.09. The molecule has 22 heavy (non-hydrogen) atoms. The lowest BCUT2D eigenvalue weighted by molar-refractivity contribution is 0.173. The van der Waals surface area contributed by atoms with Gasteiger partial charge in [-0.2, -0.15) is 0 Å². The number of nitrogens with zero attached hydrogens (tertiary/aromatic N) is 2. The Morgan fingerprint density at radius 2 is 2.09 bits per heavy atom. The number of fused-ring (bicyclic) bond motifs is 1. The average molecular weight is 304 g/mol. The topological polar surface area (TPSA) is 65.7 Å². The molecule has 0 saturated heterocycles. The van der Waals surface area contributed by atoms with Crippen molar-refractivity contribution in [1.29, 1.82) is 0 Å². The highest BCUT2D eigenvalue weighted by Crippen LogP contribution is 2.35. The van der Waals surface area contributed by atoms with Gasteiger partial charge in [0, 0.05) is 18.3 Å². The van der Waals surface area contributed by atoms with Crippen LogP contribution in [-0.4, -0.2) is 28.1 Å². The standard InChI is InChI=1S/C16H20N2O4/c1-11-12(2)18(16(9-19)17-11)6-3-7-20-13-4-5-14-15(8-13)22-10-21-14/h4-5,8,19H,3,6-7,9-10H2,1-2H3. The fourth-order valence-corrected chi connectivity index (χ4v) is 2.52. The van der Waals surface area contributed by atoms with E-state index >= 15 is 0 Å². The highest BCUT2D eigenvalue weighted by Gasteiger charge is 2.14. The van der Waals surface area contributed by atoms with E-state index in [1.54, 1.807) is 0 Å². The molecule has 1 N–H and O–H groups in total. The Balaban J connectivity index is 1.54. The number of aromatic nitrogens is 2. The Bertz CT molecular complexity index is 666. The van der Waals surface area contributed by atoms with Crippen LogP contribution in [0.25, 0.3) is 0 Å². The van der Waals surface area contributed by atoms with Crippen molar-refractivity contribution >= 4 is 0 Å². The van der Waals surface area contributed by atoms with Gasteiger partial charge < -0.3 is 23.9 Å². The molecule has 2 aromatic rings. The second kappa shape index (κ2) is 6.27. The van der Waals surface area contributed by atoms with Crippen LogP contribution in [0.5, 0.6) is 17.2 Å². The van der Waals surface area contributed by atoms with Gasteiger partial charge in [0.15, 0.2) is 11.5 Å². The number of aryl methyl sites for hydroxylation is 1. The van der Waals surface area contributed by atoms with Crippen molar-refractivity contribution in [2.75, 3.05) is 13.4 Å². The van der Waals surface area contributed by atoms with Crippen LogP contribution in [0.4, 0.5) is 0 Å². The first-order valence-corrected chi connectivity index (χ1v) is 7.35. The van der Waals surface area contributed by atoms with Gasteiger partial charge in [-0.25, -0.2) is 4.98 Å². The summed E-state index contributed by atoms with van der Waals surface area (Å²) in [4.78, 5) is 4.35. The molecule has 0 aliphatic carbocycles. The summed E-state index contributed by atoms with van der Waals surface area (Å²) >= 11 is 0. The Kier molecular flexibility index (Phi) is 4.20. The maximum Gasteiger partial charge on any atom is 0.231 e. The van der Waals surface area contributed by atoms with E-state index in [9.17, 15) is 5.11 Å². The Labute approximate surface area is 129 Å². The lowest BCUT2D eigenvalue weighted by Gasteiger charge is -2.10. The maximum atomic E-state index is 9.34. The summed E-state index contributed by atoms with van der Waals surface area (Å²) in [5, 5.41) is 9.34. The second-order valence-corrected chi connectivity index (χ2v) is 5.23. The van der Waals surface area contributed by atoms with E-state index in [1.165, 1.54) is 0 Å². The summed E-state index contributed by atoms with van der Waals surface area (Å²) in [7, 11) is 0. The molecule has 0 atom stereocenters. The van der Waals surface area contributed by atoms with Crippen LogP contribution in [-0.2, 0) is 13.2 Å². The van der Waals surface area contributed by atoms with Gasteiger partial charge in [-0.1, -0.05) is 0 Å². The van der Waals surface area contributed by atoms with Crippen LogP contribution in [0.1, 0.15) is 23.6 Å². The molecule has 1 aromatic heterocycles. The van der Waals surface area contributed by atoms with Gasteiger partial charge in [0.25, 0.3) is 0 Å². The molecular weight excluding hydrogens is 284 g/mol. The largest absolute Gasteiger partial charge is 0.493 e. The number of ether oxygens (including phenoxy) is 3. The minimum atomic E-state index is -0.0440. The van der Waals surface area contributed by atoms with Gasteiger partial charge in [0.05, 0.1) is 12.3 Å². The normalized spacial score (nSPS) is 12.7. The SMILES string of the molecule is Cc1nc(CO)n(CCCOc2ccc3c(c2)OCO3)c1C. The van der Waals surface area contributed by atoms with E-state index < -0.39 is 0 Å². The van der Waals surface area contributed by atoms with E-state index in [1.807, 2.05) is 36.6 Å². The molecule has 0 saturated carbocycles. The summed E-state index contributed by atoms with van der Waals surface area (Å²) in [5.74, 6) is 2.95. The van der Waals surface area contributed by atoms with Gasteiger partial charge in [-0.3, -0.25) is 0 Å². The third-order valence-corrected chi connectivity index (χ3v) is 3.82. The van der Waals surface area contributed by atoms with Gasteiger partial charge in [0.2, 0.25) is 6.79 Å². The molecule has 6 nitrogen and oxygen atoms in total. The van der Waals surface area contributed by atoms with Crippen molar-refractivity contribution in [1.82, 2.24) is 9.55 Å². The van der Waals surface area contributed by atoms with Crippen molar-refractivity contribution in [3.63, 3.8) is 0 Å². The molecule has 118 valence electrons. The van der Waals surface area contributed by atoms with Crippen LogP contribution in [0, 0.1) is 13.8 Å². The van der Waals surface area contributed by atoms with Crippen LogP contribution in [0.3, 0.4) is 0 Å². The Morgan fingerprint density at radius 3 is 2.91 bits per heavy atom. The van der Waals surface area contributed by atoms with Crippen molar-refractivity contribution in [3.05, 3.63) is 35.4 Å². The first kappa shape index (κ1) is 14.7. The smallest absolute Gasteiger partial charge is 0.231 e. The molecule has 0 unspecified atom stereocenters. The van der Waals surface area contributed by atoms with E-state index in [2.05, 4.69) is 4.98 Å². The molecule has 6 heteroatoms. The van der Waals surface area contributed by atoms with E-state index in [-0.39, 0.29) is 13.4 Å². The van der Waals surface area contributed by atoms with Crippen molar-refractivity contribution in [3.8, 4) is 17.2 Å². The molecule has 0 bridgehead atoms. The second-order valence-electron chi connectivity index (χ2n) is 5.23. The van der Waals surface area contributed by atoms with Crippen LogP contribution in [0.15, 0.2) is 18.2 Å². The quantitative estimate of drug-likeness (QED) is 0.829. The number of rotatable bonds is 6. The fourth-order valence-electron chi connectivity index (χ4n) is 2.52. The van der Waals surface area contributed by atoms with Crippen LogP contribution < -0.4 is 14.2 Å². The molecule has 0 fully saturated rings. The third kappa shape index (κ3) is 2.87. The van der Waals surface area contributed by atoms with E-state index in [0.717, 1.165) is 41.6 Å². The lowest BCUT2D eigenvalue weighted by atomic mass is 10.3. The van der Waals surface area contributed by atoms with Gasteiger partial charge in [-0.15, -0.1) is 0 Å². The lowest BCUT2D eigenvalue weighted by Crippen LogP contribution is -2.09. The highest BCUT2D eigenvalue weighted by molar-refractivity contribution is 5.46. The maximum absolute atomic E-state index is 9.34. The monoisotopic (exact) mass is 304 g/mol. The molecule has 1 aliphatic rings. The van der Waals surface area contributed by atoms with Crippen molar-refractivity contribution in [2.45, 2.75) is 33.4 Å². The summed E-state index contributed by atoms with van der Waals surface area (Å²) in [6.45, 7) is 5.54. The van der Waals surface area contributed by atoms with E-state index in [4.69, 9.17) is 14.2 Å². The number of imidazole rings is 1. The molecule has 1 aliphatic heterocycles. The van der Waals surface area contributed by atoms with Crippen molar-refractivity contribution in [2.24, 2.45) is 0 Å². The van der Waals surface area contributed by atoms with Gasteiger partial charge in [-0.05, 0) is 32.4 Å². The Morgan fingerprint density at radius 1 is 1.27 bits per heavy atom. The zero-order valence-corrected chi connectivity index (χ0v) is 12.8. The third-order valence-electron chi connectivity index (χ3n) is 3.82. The predicted molar refractivity (Wildman–Crippen MR) is 80.3 cm³/mol. The number of aliphatic hydroxyl groups excluding tert-OH is 1. The van der Waals surface area contributed by atoms with Gasteiger partial charge in [0.1, 0.15) is 18.2 Å². The molecule has 0 radical (unpaired) electrons. The predicted octanol–water partition coefficient (Wildman–Crippen LogP) is 2.19. The molecule has 0 amide bonds.